The van der Waals surface area contributed by atoms with Gasteiger partial charge in [0.25, 0.3) is 0 Å². The third-order valence-electron chi connectivity index (χ3n) is 6.56. The minimum atomic E-state index is -0.132. The SMILES string of the molecule is C[C@H](c1nc2ccccc2s1)N1CCN(CN2C(=O)[C@H]3CC=CC[C@H]3C2=O)CC1. The summed E-state index contributed by atoms with van der Waals surface area (Å²) in [7, 11) is 0. The maximum absolute atomic E-state index is 12.7. The Morgan fingerprint density at radius 3 is 2.34 bits per heavy atom. The van der Waals surface area contributed by atoms with Crippen LogP contribution in [0.15, 0.2) is 36.4 Å². The van der Waals surface area contributed by atoms with Crippen molar-refractivity contribution in [1.29, 1.82) is 0 Å². The van der Waals surface area contributed by atoms with Crippen molar-refractivity contribution in [3.05, 3.63) is 41.4 Å². The number of carbonyl (C=O) groups excluding carboxylic acids is 2. The molecule has 1 aromatic carbocycles. The maximum atomic E-state index is 12.7. The predicted octanol–water partition coefficient (Wildman–Crippen LogP) is 2.88. The summed E-state index contributed by atoms with van der Waals surface area (Å²) in [6.07, 6.45) is 5.49. The van der Waals surface area contributed by atoms with Crippen molar-refractivity contribution in [1.82, 2.24) is 19.7 Å². The van der Waals surface area contributed by atoms with Gasteiger partial charge in [0.1, 0.15) is 5.01 Å². The lowest BCUT2D eigenvalue weighted by molar-refractivity contribution is -0.142. The summed E-state index contributed by atoms with van der Waals surface area (Å²) in [5.74, 6) is -0.218. The average molecular weight is 411 g/mol. The first-order chi connectivity index (χ1) is 14.1. The number of fused-ring (bicyclic) bond motifs is 2. The van der Waals surface area contributed by atoms with Gasteiger partial charge >= 0.3 is 0 Å². The molecule has 0 saturated carbocycles. The second-order valence-corrected chi connectivity index (χ2v) is 9.31. The molecule has 3 atom stereocenters. The quantitative estimate of drug-likeness (QED) is 0.573. The average Bonchev–Trinajstić information content (AvgIpc) is 3.29. The van der Waals surface area contributed by atoms with Crippen molar-refractivity contribution in [2.45, 2.75) is 25.8 Å². The van der Waals surface area contributed by atoms with Crippen LogP contribution in [-0.2, 0) is 9.59 Å². The number of benzene rings is 1. The normalized spacial score (nSPS) is 27.0. The molecule has 5 rings (SSSR count). The number of imide groups is 1. The number of rotatable bonds is 4. The van der Waals surface area contributed by atoms with Crippen LogP contribution in [0.5, 0.6) is 0 Å². The Bertz CT molecular complexity index is 904. The molecule has 2 fully saturated rings. The lowest BCUT2D eigenvalue weighted by Crippen LogP contribution is -2.51. The van der Waals surface area contributed by atoms with Crippen LogP contribution in [0, 0.1) is 11.8 Å². The molecule has 2 aliphatic heterocycles. The second kappa shape index (κ2) is 7.63. The van der Waals surface area contributed by atoms with Gasteiger partial charge in [-0.2, -0.15) is 0 Å². The van der Waals surface area contributed by atoms with E-state index in [9.17, 15) is 9.59 Å². The van der Waals surface area contributed by atoms with Crippen LogP contribution in [0.1, 0.15) is 30.8 Å². The van der Waals surface area contributed by atoms with Crippen LogP contribution in [0.3, 0.4) is 0 Å². The van der Waals surface area contributed by atoms with Gasteiger partial charge in [-0.25, -0.2) is 4.98 Å². The van der Waals surface area contributed by atoms with Gasteiger partial charge in [-0.3, -0.25) is 24.3 Å². The Hall–Kier alpha value is -2.09. The van der Waals surface area contributed by atoms with Crippen molar-refractivity contribution >= 4 is 33.4 Å². The molecule has 1 aromatic heterocycles. The molecule has 0 N–H and O–H groups in total. The molecule has 3 aliphatic rings. The van der Waals surface area contributed by atoms with Gasteiger partial charge in [-0.05, 0) is 31.9 Å². The standard InChI is InChI=1S/C22H26N4O2S/c1-15(20-23-18-8-4-5-9-19(18)29-20)25-12-10-24(11-13-25)14-26-21(27)16-6-2-3-7-17(16)22(26)28/h2-5,8-9,15-17H,6-7,10-14H2,1H3/t15-,16-,17+/m1/s1. The van der Waals surface area contributed by atoms with E-state index in [0.717, 1.165) is 36.7 Å². The molecule has 152 valence electrons. The number of amides is 2. The number of carbonyl (C=O) groups is 2. The van der Waals surface area contributed by atoms with Gasteiger partial charge in [0.05, 0.1) is 34.8 Å². The van der Waals surface area contributed by atoms with E-state index in [1.54, 1.807) is 11.3 Å². The Morgan fingerprint density at radius 1 is 1.03 bits per heavy atom. The monoisotopic (exact) mass is 410 g/mol. The van der Waals surface area contributed by atoms with E-state index in [1.807, 2.05) is 18.2 Å². The fourth-order valence-corrected chi connectivity index (χ4v) is 5.78. The largest absolute Gasteiger partial charge is 0.292 e. The van der Waals surface area contributed by atoms with Gasteiger partial charge in [0.15, 0.2) is 0 Å². The van der Waals surface area contributed by atoms with Gasteiger partial charge in [-0.1, -0.05) is 24.3 Å². The summed E-state index contributed by atoms with van der Waals surface area (Å²) in [6.45, 7) is 6.22. The van der Waals surface area contributed by atoms with E-state index in [0.29, 0.717) is 19.5 Å². The number of hydrogen-bond acceptors (Lipinski definition) is 6. The van der Waals surface area contributed by atoms with Crippen molar-refractivity contribution in [2.24, 2.45) is 11.8 Å². The van der Waals surface area contributed by atoms with Crippen molar-refractivity contribution in [3.63, 3.8) is 0 Å². The van der Waals surface area contributed by atoms with E-state index < -0.39 is 0 Å². The Kier molecular flexibility index (Phi) is 4.97. The zero-order valence-corrected chi connectivity index (χ0v) is 17.5. The fraction of sp³-hybridized carbons (Fsp3) is 0.500. The first-order valence-electron chi connectivity index (χ1n) is 10.4. The molecule has 2 saturated heterocycles. The molecule has 2 aromatic rings. The van der Waals surface area contributed by atoms with E-state index in [1.165, 1.54) is 9.60 Å². The van der Waals surface area contributed by atoms with Crippen LogP contribution in [0.2, 0.25) is 0 Å². The Labute approximate surface area is 174 Å². The van der Waals surface area contributed by atoms with E-state index >= 15 is 0 Å². The molecular formula is C22H26N4O2S. The van der Waals surface area contributed by atoms with Crippen LogP contribution < -0.4 is 0 Å². The highest BCUT2D eigenvalue weighted by Gasteiger charge is 2.47. The molecule has 0 radical (unpaired) electrons. The van der Waals surface area contributed by atoms with Gasteiger partial charge in [0.2, 0.25) is 11.8 Å². The minimum absolute atomic E-state index is 0.0228. The number of piperazine rings is 1. The summed E-state index contributed by atoms with van der Waals surface area (Å²) >= 11 is 1.77. The highest BCUT2D eigenvalue weighted by molar-refractivity contribution is 7.18. The molecule has 2 amide bonds. The number of aromatic nitrogens is 1. The fourth-order valence-electron chi connectivity index (χ4n) is 4.73. The van der Waals surface area contributed by atoms with Crippen LogP contribution in [0.25, 0.3) is 10.2 Å². The van der Waals surface area contributed by atoms with Crippen molar-refractivity contribution in [2.75, 3.05) is 32.8 Å². The Balaban J connectivity index is 1.19. The number of allylic oxidation sites excluding steroid dienone is 2. The highest BCUT2D eigenvalue weighted by atomic mass is 32.1. The van der Waals surface area contributed by atoms with Crippen molar-refractivity contribution < 1.29 is 9.59 Å². The van der Waals surface area contributed by atoms with Crippen molar-refractivity contribution in [3.8, 4) is 0 Å². The summed E-state index contributed by atoms with van der Waals surface area (Å²) < 4.78 is 1.23. The van der Waals surface area contributed by atoms with E-state index in [4.69, 9.17) is 4.98 Å². The third kappa shape index (κ3) is 3.41. The minimum Gasteiger partial charge on any atom is -0.292 e. The summed E-state index contributed by atoms with van der Waals surface area (Å²) in [5, 5.41) is 1.15. The zero-order chi connectivity index (χ0) is 20.0. The first-order valence-corrected chi connectivity index (χ1v) is 11.3. The first kappa shape index (κ1) is 18.9. The number of thiazole rings is 1. The molecule has 6 nitrogen and oxygen atoms in total. The smallest absolute Gasteiger partial charge is 0.234 e. The predicted molar refractivity (Wildman–Crippen MR) is 113 cm³/mol. The highest BCUT2D eigenvalue weighted by Crippen LogP contribution is 2.35. The molecule has 0 unspecified atom stereocenters. The zero-order valence-electron chi connectivity index (χ0n) is 16.7. The molecule has 0 bridgehead atoms. The van der Waals surface area contributed by atoms with Gasteiger partial charge in [0, 0.05) is 26.2 Å². The van der Waals surface area contributed by atoms with Gasteiger partial charge < -0.3 is 0 Å². The second-order valence-electron chi connectivity index (χ2n) is 8.25. The summed E-state index contributed by atoms with van der Waals surface area (Å²) in [5.41, 5.74) is 1.07. The number of nitrogens with zero attached hydrogens (tertiary/aromatic N) is 4. The molecule has 29 heavy (non-hydrogen) atoms. The lowest BCUT2D eigenvalue weighted by Gasteiger charge is -2.38. The summed E-state index contributed by atoms with van der Waals surface area (Å²) in [6, 6.07) is 8.55. The molecule has 0 spiro atoms. The summed E-state index contributed by atoms with van der Waals surface area (Å²) in [4.78, 5) is 36.4. The Morgan fingerprint density at radius 2 is 1.69 bits per heavy atom. The van der Waals surface area contributed by atoms with Crippen LogP contribution in [0.4, 0.5) is 0 Å². The molecule has 3 heterocycles. The topological polar surface area (TPSA) is 56.8 Å². The number of hydrogen-bond donors (Lipinski definition) is 0. The lowest BCUT2D eigenvalue weighted by atomic mass is 9.85. The molecular weight excluding hydrogens is 384 g/mol. The maximum Gasteiger partial charge on any atom is 0.234 e. The number of para-hydroxylation sites is 1. The number of likely N-dealkylation sites (tertiary alicyclic amines) is 1. The van der Waals surface area contributed by atoms with E-state index in [-0.39, 0.29) is 29.7 Å². The van der Waals surface area contributed by atoms with Crippen LogP contribution in [-0.4, -0.2) is 64.3 Å². The molecule has 1 aliphatic carbocycles. The van der Waals surface area contributed by atoms with Gasteiger partial charge in [-0.15, -0.1) is 11.3 Å². The third-order valence-corrected chi connectivity index (χ3v) is 7.77. The molecule has 7 heteroatoms. The van der Waals surface area contributed by atoms with E-state index in [2.05, 4.69) is 34.9 Å². The van der Waals surface area contributed by atoms with Crippen LogP contribution >= 0.6 is 11.3 Å².